The maximum Gasteiger partial charge on any atom is 0.411 e. The van der Waals surface area contributed by atoms with E-state index in [1.807, 2.05) is 0 Å². The summed E-state index contributed by atoms with van der Waals surface area (Å²) in [4.78, 5) is 17.8. The lowest BCUT2D eigenvalue weighted by Gasteiger charge is -2.46. The van der Waals surface area contributed by atoms with Gasteiger partial charge in [0.1, 0.15) is 6.10 Å². The zero-order valence-corrected chi connectivity index (χ0v) is 19.1. The van der Waals surface area contributed by atoms with Crippen molar-refractivity contribution in [1.82, 2.24) is 9.80 Å². The Balaban J connectivity index is 0.990. The molecule has 172 valence electrons. The molecule has 3 aliphatic heterocycles. The summed E-state index contributed by atoms with van der Waals surface area (Å²) in [6.07, 6.45) is 12.2. The van der Waals surface area contributed by atoms with Crippen molar-refractivity contribution in [3.8, 4) is 0 Å². The second kappa shape index (κ2) is 7.20. The van der Waals surface area contributed by atoms with Gasteiger partial charge in [-0.3, -0.25) is 4.90 Å². The van der Waals surface area contributed by atoms with Crippen LogP contribution in [0, 0.1) is 5.92 Å². The Morgan fingerprint density at radius 1 is 1.03 bits per heavy atom. The van der Waals surface area contributed by atoms with Crippen molar-refractivity contribution in [2.45, 2.75) is 93.3 Å². The van der Waals surface area contributed by atoms with E-state index in [9.17, 15) is 4.79 Å². The molecule has 6 aliphatic rings. The van der Waals surface area contributed by atoms with Gasteiger partial charge in [-0.05, 0) is 93.3 Å². The van der Waals surface area contributed by atoms with Gasteiger partial charge in [-0.15, -0.1) is 0 Å². The third-order valence-electron chi connectivity index (χ3n) is 10.3. The van der Waals surface area contributed by atoms with E-state index in [0.717, 1.165) is 13.0 Å². The summed E-state index contributed by atoms with van der Waals surface area (Å²) in [5.41, 5.74) is 3.83. The number of benzene rings is 1. The molecule has 1 aromatic carbocycles. The standard InChI is InChI=1S/C27H36N2O3/c30-25(32-22-9-16-31-18-22)29-24-6-5-20-17-21(8-11-27(20,24)29)28-14-12-26(13-15-28)10-7-19-3-1-2-4-23(19)26/h1-4,20-22,24H,5-18H2/t20?,21?,22-,24?,27?,29?/m1/s1. The van der Waals surface area contributed by atoms with Gasteiger partial charge in [0.15, 0.2) is 0 Å². The van der Waals surface area contributed by atoms with E-state index in [4.69, 9.17) is 9.47 Å². The Kier molecular flexibility index (Phi) is 4.47. The predicted molar refractivity (Wildman–Crippen MR) is 122 cm³/mol. The molecule has 5 heteroatoms. The third kappa shape index (κ3) is 2.79. The number of nitrogens with zero attached hydrogens (tertiary/aromatic N) is 2. The Hall–Kier alpha value is -1.59. The van der Waals surface area contributed by atoms with E-state index >= 15 is 0 Å². The van der Waals surface area contributed by atoms with E-state index in [0.29, 0.717) is 30.0 Å². The number of carbonyl (C=O) groups excluding carboxylic acids is 1. The van der Waals surface area contributed by atoms with Crippen LogP contribution in [0.25, 0.3) is 0 Å². The summed E-state index contributed by atoms with van der Waals surface area (Å²) < 4.78 is 11.2. The lowest BCUT2D eigenvalue weighted by Crippen LogP contribution is -2.50. The number of rotatable bonds is 2. The smallest absolute Gasteiger partial charge is 0.411 e. The van der Waals surface area contributed by atoms with Gasteiger partial charge < -0.3 is 14.4 Å². The van der Waals surface area contributed by atoms with Gasteiger partial charge in [0.05, 0.1) is 24.8 Å². The van der Waals surface area contributed by atoms with Gasteiger partial charge in [0.25, 0.3) is 0 Å². The number of piperidine rings is 2. The first-order valence-electron chi connectivity index (χ1n) is 13.1. The van der Waals surface area contributed by atoms with Crippen LogP contribution in [0.5, 0.6) is 0 Å². The molecule has 0 radical (unpaired) electrons. The molecule has 3 aliphatic carbocycles. The van der Waals surface area contributed by atoms with Crippen LogP contribution in [-0.2, 0) is 21.3 Å². The predicted octanol–water partition coefficient (Wildman–Crippen LogP) is 4.28. The molecule has 5 fully saturated rings. The molecule has 1 aromatic rings. The maximum absolute atomic E-state index is 12.9. The van der Waals surface area contributed by atoms with Crippen LogP contribution in [-0.4, -0.2) is 65.9 Å². The monoisotopic (exact) mass is 436 g/mol. The highest BCUT2D eigenvalue weighted by atomic mass is 16.6. The highest BCUT2D eigenvalue weighted by molar-refractivity contribution is 5.74. The molecule has 7 rings (SSSR count). The zero-order valence-electron chi connectivity index (χ0n) is 19.1. The highest BCUT2D eigenvalue weighted by Gasteiger charge is 2.73. The van der Waals surface area contributed by atoms with Gasteiger partial charge >= 0.3 is 6.09 Å². The summed E-state index contributed by atoms with van der Waals surface area (Å²) >= 11 is 0. The Morgan fingerprint density at radius 3 is 2.75 bits per heavy atom. The number of fused-ring (bicyclic) bond motifs is 2. The molecular formula is C27H36N2O3. The van der Waals surface area contributed by atoms with Crippen LogP contribution in [0.2, 0.25) is 0 Å². The number of amides is 1. The van der Waals surface area contributed by atoms with Crippen molar-refractivity contribution in [3.63, 3.8) is 0 Å². The second-order valence-corrected chi connectivity index (χ2v) is 11.4. The topological polar surface area (TPSA) is 41.8 Å². The molecule has 3 heterocycles. The highest BCUT2D eigenvalue weighted by Crippen LogP contribution is 2.63. The van der Waals surface area contributed by atoms with Gasteiger partial charge in [-0.1, -0.05) is 24.3 Å². The average Bonchev–Trinajstić information content (AvgIpc) is 3.25. The van der Waals surface area contributed by atoms with Crippen molar-refractivity contribution < 1.29 is 14.3 Å². The molecule has 2 saturated carbocycles. The zero-order chi connectivity index (χ0) is 21.3. The number of likely N-dealkylation sites (tertiary alicyclic amines) is 2. The first kappa shape index (κ1) is 19.8. The van der Waals surface area contributed by atoms with Crippen molar-refractivity contribution in [2.75, 3.05) is 26.3 Å². The summed E-state index contributed by atoms with van der Waals surface area (Å²) in [7, 11) is 0. The molecule has 2 spiro atoms. The van der Waals surface area contributed by atoms with Crippen LogP contribution in [0.4, 0.5) is 4.79 Å². The molecular weight excluding hydrogens is 400 g/mol. The van der Waals surface area contributed by atoms with Gasteiger partial charge in [0, 0.05) is 12.5 Å². The fraction of sp³-hybridized carbons (Fsp3) is 0.741. The van der Waals surface area contributed by atoms with Crippen LogP contribution in [0.3, 0.4) is 0 Å². The summed E-state index contributed by atoms with van der Waals surface area (Å²) in [6.45, 7) is 3.79. The van der Waals surface area contributed by atoms with Gasteiger partial charge in [-0.2, -0.15) is 0 Å². The number of carbonyl (C=O) groups is 1. The van der Waals surface area contributed by atoms with Crippen LogP contribution >= 0.6 is 0 Å². The normalized spacial score (nSPS) is 39.6. The van der Waals surface area contributed by atoms with E-state index < -0.39 is 0 Å². The number of aryl methyl sites for hydroxylation is 1. The molecule has 0 N–H and O–H groups in total. The van der Waals surface area contributed by atoms with Gasteiger partial charge in [-0.25, -0.2) is 4.79 Å². The number of hydrogen-bond acceptors (Lipinski definition) is 4. The van der Waals surface area contributed by atoms with Crippen molar-refractivity contribution in [2.24, 2.45) is 5.92 Å². The molecule has 3 saturated heterocycles. The van der Waals surface area contributed by atoms with Crippen LogP contribution in [0.1, 0.15) is 68.9 Å². The minimum absolute atomic E-state index is 0.0311. The fourth-order valence-corrected chi connectivity index (χ4v) is 8.56. The van der Waals surface area contributed by atoms with E-state index in [-0.39, 0.29) is 17.7 Å². The van der Waals surface area contributed by atoms with Crippen LogP contribution < -0.4 is 0 Å². The van der Waals surface area contributed by atoms with Crippen molar-refractivity contribution in [3.05, 3.63) is 35.4 Å². The van der Waals surface area contributed by atoms with E-state index in [1.54, 1.807) is 11.1 Å². The summed E-state index contributed by atoms with van der Waals surface area (Å²) in [5, 5.41) is 0. The van der Waals surface area contributed by atoms with Crippen LogP contribution in [0.15, 0.2) is 24.3 Å². The maximum atomic E-state index is 12.9. The average molecular weight is 437 g/mol. The minimum atomic E-state index is -0.0616. The first-order valence-corrected chi connectivity index (χ1v) is 13.1. The first-order chi connectivity index (χ1) is 15.7. The molecule has 5 nitrogen and oxygen atoms in total. The second-order valence-electron chi connectivity index (χ2n) is 11.4. The van der Waals surface area contributed by atoms with Crippen molar-refractivity contribution in [1.29, 1.82) is 0 Å². The van der Waals surface area contributed by atoms with Gasteiger partial charge in [0.2, 0.25) is 0 Å². The Bertz CT molecular complexity index is 904. The molecule has 0 bridgehead atoms. The minimum Gasteiger partial charge on any atom is -0.444 e. The summed E-state index contributed by atoms with van der Waals surface area (Å²) in [6, 6.07) is 10.3. The third-order valence-corrected chi connectivity index (χ3v) is 10.3. The SMILES string of the molecule is O=C(O[C@@H]1CCOC1)N1C2CCC3CC(N4CCC5(CCc6ccccc65)CC4)CCC321. The lowest BCUT2D eigenvalue weighted by molar-refractivity contribution is 0.0420. The fourth-order valence-electron chi connectivity index (χ4n) is 8.56. The van der Waals surface area contributed by atoms with Crippen molar-refractivity contribution >= 4 is 6.09 Å². The Morgan fingerprint density at radius 2 is 1.91 bits per heavy atom. The van der Waals surface area contributed by atoms with E-state index in [1.165, 1.54) is 70.9 Å². The quantitative estimate of drug-likeness (QED) is 0.649. The number of ether oxygens (including phenoxy) is 2. The molecule has 0 aromatic heterocycles. The molecule has 1 amide bonds. The van der Waals surface area contributed by atoms with E-state index in [2.05, 4.69) is 34.1 Å². The number of hydrogen-bond donors (Lipinski definition) is 0. The Labute approximate surface area is 191 Å². The lowest BCUT2D eigenvalue weighted by atomic mass is 9.72. The molecule has 4 unspecified atom stereocenters. The summed E-state index contributed by atoms with van der Waals surface area (Å²) in [5.74, 6) is 0.668. The molecule has 32 heavy (non-hydrogen) atoms. The largest absolute Gasteiger partial charge is 0.444 e. The molecule has 5 atom stereocenters.